The Morgan fingerprint density at radius 3 is 2.89 bits per heavy atom. The van der Waals surface area contributed by atoms with Crippen LogP contribution in [0.25, 0.3) is 0 Å². The van der Waals surface area contributed by atoms with Gasteiger partial charge >= 0.3 is 0 Å². The number of anilines is 1. The molecule has 1 unspecified atom stereocenters. The molecule has 1 aliphatic heterocycles. The maximum absolute atomic E-state index is 12.2. The van der Waals surface area contributed by atoms with Crippen molar-refractivity contribution in [2.45, 2.75) is 19.4 Å². The van der Waals surface area contributed by atoms with Gasteiger partial charge in [0.15, 0.2) is 0 Å². The fraction of sp³-hybridized carbons (Fsp3) is 0.385. The normalized spacial score (nSPS) is 19.7. The molecule has 1 aromatic rings. The molecule has 0 radical (unpaired) electrons. The van der Waals surface area contributed by atoms with Crippen LogP contribution in [0.3, 0.4) is 0 Å². The zero-order valence-electron chi connectivity index (χ0n) is 10.5. The lowest BCUT2D eigenvalue weighted by Crippen LogP contribution is -2.58. The van der Waals surface area contributed by atoms with Crippen molar-refractivity contribution in [3.05, 3.63) is 24.3 Å². The van der Waals surface area contributed by atoms with Crippen LogP contribution in [0.5, 0.6) is 5.75 Å². The highest BCUT2D eigenvalue weighted by atomic mass is 16.5. The van der Waals surface area contributed by atoms with E-state index in [0.717, 1.165) is 0 Å². The Morgan fingerprint density at radius 2 is 2.22 bits per heavy atom. The molecule has 2 rings (SSSR count). The number of nitrogens with zero attached hydrogens (tertiary/aromatic N) is 1. The summed E-state index contributed by atoms with van der Waals surface area (Å²) in [5.41, 5.74) is 0.688. The Kier molecular flexibility index (Phi) is 3.50. The van der Waals surface area contributed by atoms with Crippen LogP contribution in [0.2, 0.25) is 0 Å². The first-order chi connectivity index (χ1) is 8.65. The van der Waals surface area contributed by atoms with Crippen molar-refractivity contribution in [3.8, 4) is 5.75 Å². The number of hydrogen-bond donors (Lipinski definition) is 1. The van der Waals surface area contributed by atoms with Crippen molar-refractivity contribution in [2.75, 3.05) is 18.6 Å². The fourth-order valence-corrected chi connectivity index (χ4v) is 1.98. The fourth-order valence-electron chi connectivity index (χ4n) is 1.98. The molecule has 0 spiro atoms. The third-order valence-corrected chi connectivity index (χ3v) is 2.97. The van der Waals surface area contributed by atoms with E-state index in [9.17, 15) is 9.59 Å². The van der Waals surface area contributed by atoms with Crippen LogP contribution in [0, 0.1) is 0 Å². The van der Waals surface area contributed by atoms with Gasteiger partial charge in [0.1, 0.15) is 18.3 Å². The highest BCUT2D eigenvalue weighted by Crippen LogP contribution is 2.23. The molecule has 2 amide bonds. The Bertz CT molecular complexity index is 473. The van der Waals surface area contributed by atoms with E-state index in [1.54, 1.807) is 31.4 Å². The number of ether oxygens (including phenoxy) is 1. The summed E-state index contributed by atoms with van der Waals surface area (Å²) in [5, 5.41) is 2.68. The first kappa shape index (κ1) is 12.4. The van der Waals surface area contributed by atoms with Gasteiger partial charge in [-0.2, -0.15) is 0 Å². The second-order valence-corrected chi connectivity index (χ2v) is 4.15. The third-order valence-electron chi connectivity index (χ3n) is 2.97. The molecule has 0 bridgehead atoms. The Balaban J connectivity index is 2.30. The summed E-state index contributed by atoms with van der Waals surface area (Å²) < 4.78 is 5.12. The van der Waals surface area contributed by atoms with Gasteiger partial charge in [-0.15, -0.1) is 0 Å². The second-order valence-electron chi connectivity index (χ2n) is 4.15. The van der Waals surface area contributed by atoms with Gasteiger partial charge in [0.05, 0.1) is 7.11 Å². The van der Waals surface area contributed by atoms with Crippen molar-refractivity contribution in [1.29, 1.82) is 0 Å². The molecule has 0 aromatic heterocycles. The number of methoxy groups -OCH3 is 1. The van der Waals surface area contributed by atoms with Crippen molar-refractivity contribution in [3.63, 3.8) is 0 Å². The van der Waals surface area contributed by atoms with Gasteiger partial charge in [0.2, 0.25) is 11.8 Å². The highest BCUT2D eigenvalue weighted by Gasteiger charge is 2.32. The largest absolute Gasteiger partial charge is 0.497 e. The smallest absolute Gasteiger partial charge is 0.250 e. The van der Waals surface area contributed by atoms with Gasteiger partial charge in [-0.1, -0.05) is 13.0 Å². The van der Waals surface area contributed by atoms with Crippen LogP contribution in [-0.4, -0.2) is 31.5 Å². The summed E-state index contributed by atoms with van der Waals surface area (Å²) in [5.74, 6) is 0.453. The topological polar surface area (TPSA) is 58.6 Å². The molecule has 1 saturated heterocycles. The minimum Gasteiger partial charge on any atom is -0.497 e. The van der Waals surface area contributed by atoms with Crippen LogP contribution in [0.1, 0.15) is 13.3 Å². The van der Waals surface area contributed by atoms with E-state index in [0.29, 0.717) is 17.9 Å². The molecule has 1 aliphatic rings. The van der Waals surface area contributed by atoms with Crippen molar-refractivity contribution >= 4 is 17.5 Å². The molecule has 1 fully saturated rings. The SMILES string of the molecule is CCC1NC(=O)CN(c2cccc(OC)c2)C1=O. The first-order valence-corrected chi connectivity index (χ1v) is 5.90. The summed E-state index contributed by atoms with van der Waals surface area (Å²) in [7, 11) is 1.57. The number of carbonyl (C=O) groups excluding carboxylic acids is 2. The molecule has 0 aliphatic carbocycles. The van der Waals surface area contributed by atoms with Crippen LogP contribution < -0.4 is 15.0 Å². The van der Waals surface area contributed by atoms with E-state index in [1.165, 1.54) is 4.90 Å². The van der Waals surface area contributed by atoms with Gasteiger partial charge < -0.3 is 15.0 Å². The van der Waals surface area contributed by atoms with E-state index in [-0.39, 0.29) is 18.4 Å². The van der Waals surface area contributed by atoms with Crippen molar-refractivity contribution < 1.29 is 14.3 Å². The molecule has 0 saturated carbocycles. The maximum Gasteiger partial charge on any atom is 0.250 e. The Morgan fingerprint density at radius 1 is 1.44 bits per heavy atom. The van der Waals surface area contributed by atoms with Gasteiger partial charge in [-0.3, -0.25) is 9.59 Å². The molecule has 96 valence electrons. The minimum absolute atomic E-state index is 0.0580. The van der Waals surface area contributed by atoms with E-state index < -0.39 is 6.04 Å². The number of piperazine rings is 1. The van der Waals surface area contributed by atoms with Gasteiger partial charge in [0.25, 0.3) is 0 Å². The predicted molar refractivity (Wildman–Crippen MR) is 67.6 cm³/mol. The summed E-state index contributed by atoms with van der Waals surface area (Å²) in [6, 6.07) is 6.72. The average Bonchev–Trinajstić information content (AvgIpc) is 2.41. The monoisotopic (exact) mass is 248 g/mol. The molecular formula is C13H16N2O3. The van der Waals surface area contributed by atoms with E-state index in [1.807, 2.05) is 6.92 Å². The maximum atomic E-state index is 12.2. The average molecular weight is 248 g/mol. The number of rotatable bonds is 3. The molecule has 1 N–H and O–H groups in total. The molecule has 18 heavy (non-hydrogen) atoms. The molecule has 1 atom stereocenters. The summed E-state index contributed by atoms with van der Waals surface area (Å²) in [6.07, 6.45) is 0.588. The van der Waals surface area contributed by atoms with Crippen LogP contribution in [0.15, 0.2) is 24.3 Å². The number of nitrogens with one attached hydrogen (secondary N) is 1. The zero-order chi connectivity index (χ0) is 13.1. The lowest BCUT2D eigenvalue weighted by Gasteiger charge is -2.32. The quantitative estimate of drug-likeness (QED) is 0.866. The van der Waals surface area contributed by atoms with E-state index in [2.05, 4.69) is 5.32 Å². The lowest BCUT2D eigenvalue weighted by atomic mass is 10.1. The van der Waals surface area contributed by atoms with Gasteiger partial charge in [-0.05, 0) is 18.6 Å². The zero-order valence-corrected chi connectivity index (χ0v) is 10.5. The highest BCUT2D eigenvalue weighted by molar-refractivity contribution is 6.06. The van der Waals surface area contributed by atoms with E-state index >= 15 is 0 Å². The summed E-state index contributed by atoms with van der Waals surface area (Å²) >= 11 is 0. The molecular weight excluding hydrogens is 232 g/mol. The standard InChI is InChI=1S/C13H16N2O3/c1-3-11-13(17)15(8-12(16)14-11)9-5-4-6-10(7-9)18-2/h4-7,11H,3,8H2,1-2H3,(H,14,16). The number of amides is 2. The number of benzene rings is 1. The number of hydrogen-bond acceptors (Lipinski definition) is 3. The van der Waals surface area contributed by atoms with Crippen LogP contribution in [-0.2, 0) is 9.59 Å². The second kappa shape index (κ2) is 5.08. The third kappa shape index (κ3) is 2.30. The lowest BCUT2D eigenvalue weighted by molar-refractivity contribution is -0.131. The van der Waals surface area contributed by atoms with E-state index in [4.69, 9.17) is 4.74 Å². The molecule has 1 heterocycles. The van der Waals surface area contributed by atoms with Gasteiger partial charge in [0, 0.05) is 11.8 Å². The van der Waals surface area contributed by atoms with Crippen LogP contribution in [0.4, 0.5) is 5.69 Å². The van der Waals surface area contributed by atoms with Crippen molar-refractivity contribution in [2.24, 2.45) is 0 Å². The minimum atomic E-state index is -0.433. The molecule has 5 heteroatoms. The summed E-state index contributed by atoms with van der Waals surface area (Å²) in [6.45, 7) is 1.93. The molecule has 5 nitrogen and oxygen atoms in total. The van der Waals surface area contributed by atoms with Gasteiger partial charge in [-0.25, -0.2) is 0 Å². The Labute approximate surface area is 106 Å². The number of carbonyl (C=O) groups is 2. The first-order valence-electron chi connectivity index (χ1n) is 5.90. The van der Waals surface area contributed by atoms with Crippen LogP contribution >= 0.6 is 0 Å². The summed E-state index contributed by atoms with van der Waals surface area (Å²) in [4.78, 5) is 25.2. The predicted octanol–water partition coefficient (Wildman–Crippen LogP) is 0.937. The van der Waals surface area contributed by atoms with Crippen molar-refractivity contribution in [1.82, 2.24) is 5.32 Å². The molecule has 1 aromatic carbocycles. The Hall–Kier alpha value is -2.04.